The third-order valence-corrected chi connectivity index (χ3v) is 1.72. The minimum Gasteiger partial charge on any atom is -0.481 e. The summed E-state index contributed by atoms with van der Waals surface area (Å²) >= 11 is 0. The van der Waals surface area contributed by atoms with Gasteiger partial charge in [-0.05, 0) is 12.0 Å². The average molecular weight is 238 g/mol. The van der Waals surface area contributed by atoms with Crippen molar-refractivity contribution >= 4 is 17.7 Å². The van der Waals surface area contributed by atoms with Gasteiger partial charge in [-0.15, -0.1) is 0 Å². The van der Waals surface area contributed by atoms with E-state index in [-0.39, 0.29) is 6.42 Å². The largest absolute Gasteiger partial charge is 0.481 e. The van der Waals surface area contributed by atoms with Crippen LogP contribution < -0.4 is 0 Å². The highest BCUT2D eigenvalue weighted by molar-refractivity contribution is 6.32. The Balaban J connectivity index is 0.000000557. The van der Waals surface area contributed by atoms with E-state index in [2.05, 4.69) is 0 Å². The summed E-state index contributed by atoms with van der Waals surface area (Å²) in [4.78, 5) is 29.9. The van der Waals surface area contributed by atoms with Crippen LogP contribution in [0.3, 0.4) is 0 Å². The maximum Gasteiger partial charge on any atom is 0.372 e. The van der Waals surface area contributed by atoms with Gasteiger partial charge in [0.25, 0.3) is 5.97 Å². The van der Waals surface area contributed by atoms with Gasteiger partial charge in [0, 0.05) is 13.3 Å². The standard InChI is InChI=1S/C10H10O3.C2H4O2/c11-9(10(12)13)7-6-8-4-2-1-3-5-8;1-2(3)4/h1-5H,6-7H2,(H,12,13);1H3,(H,3,4). The molecule has 5 nitrogen and oxygen atoms in total. The molecule has 0 saturated carbocycles. The molecule has 5 heteroatoms. The Labute approximate surface area is 98.7 Å². The monoisotopic (exact) mass is 238 g/mol. The van der Waals surface area contributed by atoms with Gasteiger partial charge >= 0.3 is 5.97 Å². The smallest absolute Gasteiger partial charge is 0.372 e. The molecule has 17 heavy (non-hydrogen) atoms. The van der Waals surface area contributed by atoms with Crippen molar-refractivity contribution < 1.29 is 24.6 Å². The molecule has 92 valence electrons. The zero-order valence-corrected chi connectivity index (χ0v) is 9.42. The van der Waals surface area contributed by atoms with Gasteiger partial charge in [-0.1, -0.05) is 30.3 Å². The summed E-state index contributed by atoms with van der Waals surface area (Å²) in [5, 5.41) is 15.7. The molecule has 0 saturated heterocycles. The predicted molar refractivity (Wildman–Crippen MR) is 60.7 cm³/mol. The van der Waals surface area contributed by atoms with E-state index < -0.39 is 17.7 Å². The molecule has 0 spiro atoms. The minimum absolute atomic E-state index is 0.0688. The average Bonchev–Trinajstić information content (AvgIpc) is 2.26. The van der Waals surface area contributed by atoms with Crippen LogP contribution in [0, 0.1) is 0 Å². The highest BCUT2D eigenvalue weighted by Crippen LogP contribution is 2.02. The second-order valence-electron chi connectivity index (χ2n) is 3.23. The third kappa shape index (κ3) is 8.80. The van der Waals surface area contributed by atoms with E-state index in [1.165, 1.54) is 0 Å². The van der Waals surface area contributed by atoms with Crippen LogP contribution in [0.1, 0.15) is 18.9 Å². The molecule has 0 aromatic heterocycles. The lowest BCUT2D eigenvalue weighted by atomic mass is 10.1. The quantitative estimate of drug-likeness (QED) is 0.773. The van der Waals surface area contributed by atoms with Crippen LogP contribution in [0.25, 0.3) is 0 Å². The fraction of sp³-hybridized carbons (Fsp3) is 0.250. The lowest BCUT2D eigenvalue weighted by molar-refractivity contribution is -0.149. The summed E-state index contributed by atoms with van der Waals surface area (Å²) in [5.74, 6) is -2.92. The molecular weight excluding hydrogens is 224 g/mol. The Morgan fingerprint density at radius 3 is 1.94 bits per heavy atom. The minimum atomic E-state index is -1.35. The van der Waals surface area contributed by atoms with Crippen LogP contribution in [-0.2, 0) is 20.8 Å². The Bertz CT molecular complexity index is 379. The first kappa shape index (κ1) is 14.8. The van der Waals surface area contributed by atoms with E-state index in [0.29, 0.717) is 6.42 Å². The predicted octanol–water partition coefficient (Wildman–Crippen LogP) is 1.36. The number of Topliss-reactive ketones (excluding diaryl/α,β-unsaturated/α-hetero) is 1. The van der Waals surface area contributed by atoms with Crippen molar-refractivity contribution in [3.8, 4) is 0 Å². The number of aryl methyl sites for hydroxylation is 1. The third-order valence-electron chi connectivity index (χ3n) is 1.72. The maximum absolute atomic E-state index is 10.7. The van der Waals surface area contributed by atoms with Crippen LogP contribution in [-0.4, -0.2) is 27.9 Å². The van der Waals surface area contributed by atoms with Crippen LogP contribution >= 0.6 is 0 Å². The van der Waals surface area contributed by atoms with Crippen LogP contribution in [0.5, 0.6) is 0 Å². The maximum atomic E-state index is 10.7. The Kier molecular flexibility index (Phi) is 7.01. The van der Waals surface area contributed by atoms with Gasteiger partial charge in [0.15, 0.2) is 0 Å². The lowest BCUT2D eigenvalue weighted by Gasteiger charge is -1.97. The van der Waals surface area contributed by atoms with E-state index in [0.717, 1.165) is 12.5 Å². The first-order valence-electron chi connectivity index (χ1n) is 4.93. The molecule has 0 fully saturated rings. The topological polar surface area (TPSA) is 91.7 Å². The first-order chi connectivity index (χ1) is 7.93. The molecule has 0 unspecified atom stereocenters. The van der Waals surface area contributed by atoms with Crippen molar-refractivity contribution in [2.75, 3.05) is 0 Å². The van der Waals surface area contributed by atoms with Crippen molar-refractivity contribution in [1.29, 1.82) is 0 Å². The Morgan fingerprint density at radius 1 is 1.06 bits per heavy atom. The lowest BCUT2D eigenvalue weighted by Crippen LogP contribution is -2.12. The zero-order valence-electron chi connectivity index (χ0n) is 9.42. The molecule has 0 bridgehead atoms. The number of carboxylic acids is 2. The Morgan fingerprint density at radius 2 is 1.53 bits per heavy atom. The summed E-state index contributed by atoms with van der Waals surface area (Å²) in [5.41, 5.74) is 0.983. The number of carboxylic acid groups (broad SMARTS) is 2. The summed E-state index contributed by atoms with van der Waals surface area (Å²) in [6.45, 7) is 1.08. The molecule has 0 aliphatic rings. The molecule has 0 amide bonds. The second kappa shape index (κ2) is 8.04. The second-order valence-corrected chi connectivity index (χ2v) is 3.23. The van der Waals surface area contributed by atoms with E-state index >= 15 is 0 Å². The van der Waals surface area contributed by atoms with Gasteiger partial charge in [0.1, 0.15) is 0 Å². The van der Waals surface area contributed by atoms with Gasteiger partial charge in [-0.3, -0.25) is 9.59 Å². The van der Waals surface area contributed by atoms with Crippen molar-refractivity contribution in [3.63, 3.8) is 0 Å². The van der Waals surface area contributed by atoms with Crippen molar-refractivity contribution in [1.82, 2.24) is 0 Å². The normalized spacial score (nSPS) is 8.76. The first-order valence-corrected chi connectivity index (χ1v) is 4.93. The summed E-state index contributed by atoms with van der Waals surface area (Å²) in [7, 11) is 0. The van der Waals surface area contributed by atoms with E-state index in [1.807, 2.05) is 30.3 Å². The van der Waals surface area contributed by atoms with Gasteiger partial charge in [-0.2, -0.15) is 0 Å². The van der Waals surface area contributed by atoms with E-state index in [1.54, 1.807) is 0 Å². The summed E-state index contributed by atoms with van der Waals surface area (Å²) in [6, 6.07) is 9.34. The molecular formula is C12H14O5. The fourth-order valence-corrected chi connectivity index (χ4v) is 1.01. The summed E-state index contributed by atoms with van der Waals surface area (Å²) < 4.78 is 0. The molecule has 1 aromatic carbocycles. The molecule has 0 radical (unpaired) electrons. The van der Waals surface area contributed by atoms with Gasteiger partial charge in [0.05, 0.1) is 0 Å². The van der Waals surface area contributed by atoms with Gasteiger partial charge in [-0.25, -0.2) is 4.79 Å². The molecule has 0 atom stereocenters. The SMILES string of the molecule is CC(=O)O.O=C(O)C(=O)CCc1ccccc1. The molecule has 1 aromatic rings. The highest BCUT2D eigenvalue weighted by atomic mass is 16.4. The van der Waals surface area contributed by atoms with Crippen LogP contribution in [0.15, 0.2) is 30.3 Å². The van der Waals surface area contributed by atoms with E-state index in [4.69, 9.17) is 15.0 Å². The summed E-state index contributed by atoms with van der Waals surface area (Å²) in [6.07, 6.45) is 0.561. The molecule has 1 rings (SSSR count). The van der Waals surface area contributed by atoms with Crippen LogP contribution in [0.2, 0.25) is 0 Å². The van der Waals surface area contributed by atoms with Gasteiger partial charge < -0.3 is 10.2 Å². The van der Waals surface area contributed by atoms with Crippen LogP contribution in [0.4, 0.5) is 0 Å². The number of carbonyl (C=O) groups excluding carboxylic acids is 1. The number of ketones is 1. The van der Waals surface area contributed by atoms with Crippen molar-refractivity contribution in [3.05, 3.63) is 35.9 Å². The highest BCUT2D eigenvalue weighted by Gasteiger charge is 2.10. The Hall–Kier alpha value is -2.17. The number of hydrogen-bond donors (Lipinski definition) is 2. The molecule has 0 heterocycles. The van der Waals surface area contributed by atoms with E-state index in [9.17, 15) is 9.59 Å². The molecule has 0 aliphatic heterocycles. The number of rotatable bonds is 4. The number of hydrogen-bond acceptors (Lipinski definition) is 3. The molecule has 0 aliphatic carbocycles. The number of aliphatic carboxylic acids is 2. The van der Waals surface area contributed by atoms with Gasteiger partial charge in [0.2, 0.25) is 5.78 Å². The number of benzene rings is 1. The molecule has 2 N–H and O–H groups in total. The number of carbonyl (C=O) groups is 3. The zero-order chi connectivity index (χ0) is 13.3. The van der Waals surface area contributed by atoms with Crippen molar-refractivity contribution in [2.24, 2.45) is 0 Å². The fourth-order valence-electron chi connectivity index (χ4n) is 1.01. The van der Waals surface area contributed by atoms with Crippen molar-refractivity contribution in [2.45, 2.75) is 19.8 Å².